The average Bonchev–Trinajstić information content (AvgIpc) is 2.98. The van der Waals surface area contributed by atoms with Crippen LogP contribution in [0.15, 0.2) is 53.4 Å². The maximum atomic E-state index is 13.2. The lowest BCUT2D eigenvalue weighted by molar-refractivity contribution is -0.136. The molecule has 2 aromatic carbocycles. The van der Waals surface area contributed by atoms with E-state index in [0.717, 1.165) is 12.0 Å². The Bertz CT molecular complexity index is 1070. The highest BCUT2D eigenvalue weighted by Gasteiger charge is 2.23. The van der Waals surface area contributed by atoms with E-state index in [1.807, 2.05) is 6.92 Å². The van der Waals surface area contributed by atoms with Crippen molar-refractivity contribution in [3.05, 3.63) is 64.8 Å². The molecule has 1 heterocycles. The molecular weight excluding hydrogens is 374 g/mol. The Morgan fingerprint density at radius 3 is 2.42 bits per heavy atom. The summed E-state index contributed by atoms with van der Waals surface area (Å²) in [7, 11) is -3.86. The summed E-state index contributed by atoms with van der Waals surface area (Å²) in [6.45, 7) is 2.00. The second-order valence-corrected chi connectivity index (χ2v) is 8.22. The largest absolute Gasteiger partial charge is 0.481 e. The molecule has 0 aliphatic heterocycles. The highest BCUT2D eigenvalue weighted by atomic mass is 35.5. The number of aromatic nitrogens is 1. The molecule has 7 heteroatoms. The third kappa shape index (κ3) is 3.48. The fraction of sp³-hybridized carbons (Fsp3) is 0.211. The molecule has 0 unspecified atom stereocenters. The third-order valence-corrected chi connectivity index (χ3v) is 6.27. The lowest BCUT2D eigenvalue weighted by Gasteiger charge is -2.12. The Morgan fingerprint density at radius 1 is 1.12 bits per heavy atom. The minimum Gasteiger partial charge on any atom is -0.481 e. The molecule has 0 bridgehead atoms. The summed E-state index contributed by atoms with van der Waals surface area (Å²) >= 11 is 6.02. The van der Waals surface area contributed by atoms with Gasteiger partial charge in [-0.3, -0.25) is 4.79 Å². The summed E-state index contributed by atoms with van der Waals surface area (Å²) in [5, 5.41) is 10.1. The van der Waals surface area contributed by atoms with Crippen molar-refractivity contribution in [2.75, 3.05) is 0 Å². The van der Waals surface area contributed by atoms with Crippen molar-refractivity contribution in [2.24, 2.45) is 0 Å². The minimum atomic E-state index is -3.86. The first-order valence-corrected chi connectivity index (χ1v) is 10.0. The van der Waals surface area contributed by atoms with Crippen LogP contribution < -0.4 is 0 Å². The van der Waals surface area contributed by atoms with Crippen molar-refractivity contribution in [2.45, 2.75) is 31.1 Å². The number of hydrogen-bond donors (Lipinski definition) is 1. The van der Waals surface area contributed by atoms with Gasteiger partial charge in [-0.15, -0.1) is 0 Å². The number of benzene rings is 2. The molecular formula is C19H18ClNO4S. The van der Waals surface area contributed by atoms with Gasteiger partial charge in [-0.05, 0) is 54.8 Å². The molecule has 0 saturated heterocycles. The van der Waals surface area contributed by atoms with Gasteiger partial charge in [0.05, 0.1) is 16.8 Å². The normalized spacial score (nSPS) is 11.8. The monoisotopic (exact) mass is 391 g/mol. The summed E-state index contributed by atoms with van der Waals surface area (Å²) in [5.74, 6) is -0.982. The average molecular weight is 392 g/mol. The molecule has 0 aliphatic carbocycles. The molecule has 0 radical (unpaired) electrons. The van der Waals surface area contributed by atoms with Crippen LogP contribution in [-0.2, 0) is 27.7 Å². The van der Waals surface area contributed by atoms with Gasteiger partial charge in [0.1, 0.15) is 0 Å². The van der Waals surface area contributed by atoms with Crippen LogP contribution in [0.1, 0.15) is 24.6 Å². The molecule has 3 rings (SSSR count). The van der Waals surface area contributed by atoms with Crippen LogP contribution in [-0.4, -0.2) is 23.5 Å². The number of aryl methyl sites for hydroxylation is 2. The number of carboxylic acids is 1. The van der Waals surface area contributed by atoms with E-state index in [0.29, 0.717) is 21.6 Å². The summed E-state index contributed by atoms with van der Waals surface area (Å²) in [6.07, 6.45) is 0.761. The quantitative estimate of drug-likeness (QED) is 0.686. The Balaban J connectivity index is 2.19. The summed E-state index contributed by atoms with van der Waals surface area (Å²) < 4.78 is 27.7. The smallest absolute Gasteiger partial charge is 0.303 e. The molecule has 0 amide bonds. The van der Waals surface area contributed by atoms with Crippen molar-refractivity contribution >= 4 is 38.5 Å². The molecule has 0 saturated carbocycles. The van der Waals surface area contributed by atoms with Gasteiger partial charge in [0.15, 0.2) is 0 Å². The van der Waals surface area contributed by atoms with E-state index in [-0.39, 0.29) is 17.7 Å². The number of hydrogen-bond acceptors (Lipinski definition) is 3. The van der Waals surface area contributed by atoms with Crippen LogP contribution in [0.5, 0.6) is 0 Å². The Morgan fingerprint density at radius 2 is 1.81 bits per heavy atom. The lowest BCUT2D eigenvalue weighted by atomic mass is 10.2. The zero-order valence-corrected chi connectivity index (χ0v) is 15.7. The number of aliphatic carboxylic acids is 1. The zero-order chi connectivity index (χ0) is 18.9. The summed E-state index contributed by atoms with van der Waals surface area (Å²) in [4.78, 5) is 11.1. The lowest BCUT2D eigenvalue weighted by Crippen LogP contribution is -2.16. The highest BCUT2D eigenvalue weighted by Crippen LogP contribution is 2.29. The van der Waals surface area contributed by atoms with Crippen LogP contribution in [0, 0.1) is 0 Å². The second-order valence-electron chi connectivity index (χ2n) is 6.00. The first kappa shape index (κ1) is 18.5. The van der Waals surface area contributed by atoms with Crippen LogP contribution >= 0.6 is 11.6 Å². The minimum absolute atomic E-state index is 0.105. The van der Waals surface area contributed by atoms with Crippen LogP contribution in [0.3, 0.4) is 0 Å². The van der Waals surface area contributed by atoms with Gasteiger partial charge in [0, 0.05) is 16.1 Å². The second kappa shape index (κ2) is 7.13. The molecule has 1 aromatic heterocycles. The van der Waals surface area contributed by atoms with Gasteiger partial charge in [-0.25, -0.2) is 12.4 Å². The van der Waals surface area contributed by atoms with E-state index in [4.69, 9.17) is 16.7 Å². The van der Waals surface area contributed by atoms with Gasteiger partial charge < -0.3 is 5.11 Å². The standard InChI is InChI=1S/C19H18ClNO4S/c1-2-13-3-7-17(8-4-13)26(24,25)21-16(6-10-19(22)23)12-14-11-15(20)5-9-18(14)21/h3-5,7-9,11-12H,2,6,10H2,1H3,(H,22,23). The predicted octanol–water partition coefficient (Wildman–Crippen LogP) is 4.11. The SMILES string of the molecule is CCc1ccc(S(=O)(=O)n2c(CCC(=O)O)cc3cc(Cl)ccc32)cc1. The van der Waals surface area contributed by atoms with Crippen LogP contribution in [0.25, 0.3) is 10.9 Å². The topological polar surface area (TPSA) is 76.4 Å². The van der Waals surface area contributed by atoms with Crippen molar-refractivity contribution < 1.29 is 18.3 Å². The highest BCUT2D eigenvalue weighted by molar-refractivity contribution is 7.90. The number of carbonyl (C=O) groups is 1. The Kier molecular flexibility index (Phi) is 5.07. The van der Waals surface area contributed by atoms with E-state index in [1.165, 1.54) is 3.97 Å². The van der Waals surface area contributed by atoms with E-state index in [9.17, 15) is 13.2 Å². The first-order valence-electron chi connectivity index (χ1n) is 8.19. The van der Waals surface area contributed by atoms with Gasteiger partial charge in [-0.1, -0.05) is 30.7 Å². The number of nitrogens with zero attached hydrogens (tertiary/aromatic N) is 1. The number of fused-ring (bicyclic) bond motifs is 1. The number of rotatable bonds is 6. The third-order valence-electron chi connectivity index (χ3n) is 4.26. The molecule has 5 nitrogen and oxygen atoms in total. The van der Waals surface area contributed by atoms with Crippen molar-refractivity contribution in [3.63, 3.8) is 0 Å². The van der Waals surface area contributed by atoms with Crippen LogP contribution in [0.2, 0.25) is 5.02 Å². The summed E-state index contributed by atoms with van der Waals surface area (Å²) in [6, 6.07) is 13.3. The van der Waals surface area contributed by atoms with Gasteiger partial charge >= 0.3 is 5.97 Å². The van der Waals surface area contributed by atoms with Gasteiger partial charge in [-0.2, -0.15) is 0 Å². The first-order chi connectivity index (χ1) is 12.3. The molecule has 0 atom stereocenters. The number of carboxylic acid groups (broad SMARTS) is 1. The molecule has 136 valence electrons. The molecule has 1 N–H and O–H groups in total. The molecule has 3 aromatic rings. The number of halogens is 1. The van der Waals surface area contributed by atoms with E-state index >= 15 is 0 Å². The fourth-order valence-electron chi connectivity index (χ4n) is 2.91. The fourth-order valence-corrected chi connectivity index (χ4v) is 4.66. The Hall–Kier alpha value is -2.31. The maximum absolute atomic E-state index is 13.2. The van der Waals surface area contributed by atoms with Crippen molar-refractivity contribution in [1.29, 1.82) is 0 Å². The van der Waals surface area contributed by atoms with Crippen molar-refractivity contribution in [3.8, 4) is 0 Å². The molecule has 0 spiro atoms. The molecule has 0 aliphatic rings. The Labute approximate surface area is 156 Å². The maximum Gasteiger partial charge on any atom is 0.303 e. The predicted molar refractivity (Wildman–Crippen MR) is 101 cm³/mol. The zero-order valence-electron chi connectivity index (χ0n) is 14.1. The summed E-state index contributed by atoms with van der Waals surface area (Å²) in [5.41, 5.74) is 1.94. The molecule has 0 fully saturated rings. The van der Waals surface area contributed by atoms with Gasteiger partial charge in [0.25, 0.3) is 10.0 Å². The van der Waals surface area contributed by atoms with Gasteiger partial charge in [0.2, 0.25) is 0 Å². The van der Waals surface area contributed by atoms with E-state index in [1.54, 1.807) is 48.5 Å². The van der Waals surface area contributed by atoms with Crippen LogP contribution in [0.4, 0.5) is 0 Å². The van der Waals surface area contributed by atoms with E-state index < -0.39 is 16.0 Å². The van der Waals surface area contributed by atoms with E-state index in [2.05, 4.69) is 0 Å². The van der Waals surface area contributed by atoms with Crippen molar-refractivity contribution in [1.82, 2.24) is 3.97 Å². The molecule has 26 heavy (non-hydrogen) atoms.